The van der Waals surface area contributed by atoms with Crippen LogP contribution in [0, 0.1) is 6.92 Å². The van der Waals surface area contributed by atoms with Crippen molar-refractivity contribution < 1.29 is 14.3 Å². The second kappa shape index (κ2) is 5.41. The molecular formula is C14H17BrO3. The summed E-state index contributed by atoms with van der Waals surface area (Å²) in [5.74, 6) is -0.158. The van der Waals surface area contributed by atoms with Crippen LogP contribution in [0.5, 0.6) is 0 Å². The van der Waals surface area contributed by atoms with Gasteiger partial charge in [-0.1, -0.05) is 22.0 Å². The zero-order valence-electron chi connectivity index (χ0n) is 10.7. The fraction of sp³-hybridized carbons (Fsp3) is 0.500. The molecule has 0 aliphatic carbocycles. The average molecular weight is 313 g/mol. The molecule has 18 heavy (non-hydrogen) atoms. The average Bonchev–Trinajstić information content (AvgIpc) is 2.31. The molecule has 1 saturated heterocycles. The van der Waals surface area contributed by atoms with E-state index in [1.54, 1.807) is 0 Å². The van der Waals surface area contributed by atoms with Gasteiger partial charge in [-0.3, -0.25) is 4.79 Å². The molecule has 1 aliphatic heterocycles. The van der Waals surface area contributed by atoms with Crippen LogP contribution in [0.4, 0.5) is 0 Å². The lowest BCUT2D eigenvalue weighted by Gasteiger charge is -2.43. The monoisotopic (exact) mass is 312 g/mol. The molecule has 2 rings (SSSR count). The minimum Gasteiger partial charge on any atom is -0.469 e. The first-order valence-electron chi connectivity index (χ1n) is 5.99. The number of methoxy groups -OCH3 is 1. The fourth-order valence-corrected chi connectivity index (χ4v) is 2.75. The maximum atomic E-state index is 11.3. The van der Waals surface area contributed by atoms with Crippen molar-refractivity contribution in [3.63, 3.8) is 0 Å². The highest BCUT2D eigenvalue weighted by Gasteiger charge is 2.41. The first-order valence-corrected chi connectivity index (χ1v) is 6.78. The summed E-state index contributed by atoms with van der Waals surface area (Å²) in [6, 6.07) is 6.26. The van der Waals surface area contributed by atoms with E-state index in [1.165, 1.54) is 18.2 Å². The van der Waals surface area contributed by atoms with E-state index < -0.39 is 0 Å². The first kappa shape index (κ1) is 13.6. The number of hydrogen-bond acceptors (Lipinski definition) is 3. The zero-order valence-corrected chi connectivity index (χ0v) is 12.2. The Balaban J connectivity index is 2.21. The predicted octanol–water partition coefficient (Wildman–Crippen LogP) is 2.98. The highest BCUT2D eigenvalue weighted by molar-refractivity contribution is 9.10. The topological polar surface area (TPSA) is 35.5 Å². The molecule has 4 heteroatoms. The smallest absolute Gasteiger partial charge is 0.305 e. The van der Waals surface area contributed by atoms with Gasteiger partial charge in [0.2, 0.25) is 0 Å². The van der Waals surface area contributed by atoms with Crippen molar-refractivity contribution in [2.45, 2.75) is 25.2 Å². The third kappa shape index (κ3) is 2.59. The second-order valence-corrected chi connectivity index (χ2v) is 5.72. The first-order chi connectivity index (χ1) is 8.57. The second-order valence-electron chi connectivity index (χ2n) is 4.81. The molecule has 0 N–H and O–H groups in total. The van der Waals surface area contributed by atoms with Gasteiger partial charge in [0.25, 0.3) is 0 Å². The number of rotatable bonds is 4. The van der Waals surface area contributed by atoms with Crippen molar-refractivity contribution in [3.05, 3.63) is 33.8 Å². The molecule has 98 valence electrons. The molecule has 1 aromatic carbocycles. The summed E-state index contributed by atoms with van der Waals surface area (Å²) in [4.78, 5) is 11.3. The van der Waals surface area contributed by atoms with Crippen molar-refractivity contribution in [3.8, 4) is 0 Å². The molecule has 1 fully saturated rings. The lowest BCUT2D eigenvalue weighted by molar-refractivity contribution is -0.142. The normalized spacial score (nSPS) is 17.1. The molecule has 0 bridgehead atoms. The molecule has 1 heterocycles. The van der Waals surface area contributed by atoms with Gasteiger partial charge in [0.05, 0.1) is 20.3 Å². The summed E-state index contributed by atoms with van der Waals surface area (Å²) in [7, 11) is 1.43. The molecule has 3 nitrogen and oxygen atoms in total. The summed E-state index contributed by atoms with van der Waals surface area (Å²) < 4.78 is 11.2. The van der Waals surface area contributed by atoms with Crippen LogP contribution in [0.1, 0.15) is 24.0 Å². The van der Waals surface area contributed by atoms with Gasteiger partial charge in [-0.25, -0.2) is 0 Å². The van der Waals surface area contributed by atoms with Crippen LogP contribution in [0.2, 0.25) is 0 Å². The van der Waals surface area contributed by atoms with Crippen molar-refractivity contribution in [2.75, 3.05) is 20.3 Å². The lowest BCUT2D eigenvalue weighted by Crippen LogP contribution is -2.47. The van der Waals surface area contributed by atoms with Crippen LogP contribution in [0.15, 0.2) is 22.7 Å². The standard InChI is InChI=1S/C14H17BrO3/c1-10-3-4-11(15)7-12(10)14(8-18-9-14)6-5-13(16)17-2/h3-4,7H,5-6,8-9H2,1-2H3. The van der Waals surface area contributed by atoms with Gasteiger partial charge in [0, 0.05) is 16.3 Å². The Morgan fingerprint density at radius 1 is 1.50 bits per heavy atom. The van der Waals surface area contributed by atoms with E-state index in [9.17, 15) is 4.79 Å². The van der Waals surface area contributed by atoms with Crippen molar-refractivity contribution in [1.82, 2.24) is 0 Å². The van der Waals surface area contributed by atoms with Crippen molar-refractivity contribution in [1.29, 1.82) is 0 Å². The molecule has 0 saturated carbocycles. The Hall–Kier alpha value is -0.870. The number of ether oxygens (including phenoxy) is 2. The lowest BCUT2D eigenvalue weighted by atomic mass is 9.73. The number of esters is 1. The SMILES string of the molecule is COC(=O)CCC1(c2cc(Br)ccc2C)COC1. The minimum atomic E-state index is -0.158. The predicted molar refractivity (Wildman–Crippen MR) is 72.6 cm³/mol. The van der Waals surface area contributed by atoms with Crippen molar-refractivity contribution in [2.24, 2.45) is 0 Å². The van der Waals surface area contributed by atoms with Crippen molar-refractivity contribution >= 4 is 21.9 Å². The van der Waals surface area contributed by atoms with Gasteiger partial charge in [-0.2, -0.15) is 0 Å². The van der Waals surface area contributed by atoms with Crippen LogP contribution < -0.4 is 0 Å². The maximum Gasteiger partial charge on any atom is 0.305 e. The van der Waals surface area contributed by atoms with E-state index in [0.717, 1.165) is 10.9 Å². The summed E-state index contributed by atoms with van der Waals surface area (Å²) in [5, 5.41) is 0. The van der Waals surface area contributed by atoms with E-state index in [-0.39, 0.29) is 11.4 Å². The van der Waals surface area contributed by atoms with E-state index in [0.29, 0.717) is 19.6 Å². The summed E-state index contributed by atoms with van der Waals surface area (Å²) in [5.41, 5.74) is 2.49. The Morgan fingerprint density at radius 3 is 2.78 bits per heavy atom. The number of carbonyl (C=O) groups is 1. The molecule has 0 atom stereocenters. The highest BCUT2D eigenvalue weighted by Crippen LogP contribution is 2.39. The summed E-state index contributed by atoms with van der Waals surface area (Å²) >= 11 is 3.50. The fourth-order valence-electron chi connectivity index (χ4n) is 2.39. The Kier molecular flexibility index (Phi) is 4.07. The third-order valence-corrected chi connectivity index (χ3v) is 4.06. The molecule has 0 aromatic heterocycles. The zero-order chi connectivity index (χ0) is 13.2. The van der Waals surface area contributed by atoms with Gasteiger partial charge in [-0.05, 0) is 36.6 Å². The molecule has 1 aromatic rings. The summed E-state index contributed by atoms with van der Waals surface area (Å²) in [6.45, 7) is 3.46. The quantitative estimate of drug-likeness (QED) is 0.802. The largest absolute Gasteiger partial charge is 0.469 e. The molecule has 0 amide bonds. The Bertz CT molecular complexity index is 452. The highest BCUT2D eigenvalue weighted by atomic mass is 79.9. The molecule has 0 unspecified atom stereocenters. The van der Waals surface area contributed by atoms with Gasteiger partial charge in [-0.15, -0.1) is 0 Å². The van der Waals surface area contributed by atoms with E-state index in [1.807, 2.05) is 6.07 Å². The number of aryl methyl sites for hydroxylation is 1. The van der Waals surface area contributed by atoms with Crippen LogP contribution in [0.25, 0.3) is 0 Å². The van der Waals surface area contributed by atoms with E-state index in [4.69, 9.17) is 9.47 Å². The van der Waals surface area contributed by atoms with Crippen LogP contribution >= 0.6 is 15.9 Å². The number of halogens is 1. The maximum absolute atomic E-state index is 11.3. The third-order valence-electron chi connectivity index (χ3n) is 3.56. The molecular weight excluding hydrogens is 296 g/mol. The minimum absolute atomic E-state index is 0.0257. The number of benzene rings is 1. The van der Waals surface area contributed by atoms with Gasteiger partial charge in [0.15, 0.2) is 0 Å². The Morgan fingerprint density at radius 2 is 2.22 bits per heavy atom. The van der Waals surface area contributed by atoms with Gasteiger partial charge < -0.3 is 9.47 Å². The Labute approximate surface area is 116 Å². The summed E-state index contributed by atoms with van der Waals surface area (Å²) in [6.07, 6.45) is 1.21. The molecule has 0 radical (unpaired) electrons. The van der Waals surface area contributed by atoms with E-state index >= 15 is 0 Å². The number of hydrogen-bond donors (Lipinski definition) is 0. The van der Waals surface area contributed by atoms with Crippen LogP contribution in [-0.4, -0.2) is 26.3 Å². The van der Waals surface area contributed by atoms with Gasteiger partial charge >= 0.3 is 5.97 Å². The van der Waals surface area contributed by atoms with Crippen LogP contribution in [-0.2, 0) is 19.7 Å². The number of carbonyl (C=O) groups excluding carboxylic acids is 1. The molecule has 1 aliphatic rings. The van der Waals surface area contributed by atoms with E-state index in [2.05, 4.69) is 35.0 Å². The molecule has 0 spiro atoms. The van der Waals surface area contributed by atoms with Crippen LogP contribution in [0.3, 0.4) is 0 Å². The van der Waals surface area contributed by atoms with Gasteiger partial charge in [0.1, 0.15) is 0 Å².